The number of hydrogen-bond acceptors (Lipinski definition) is 4. The number of nitrogens with two attached hydrogens (primary N) is 1. The Morgan fingerprint density at radius 1 is 1.30 bits per heavy atom. The Hall–Kier alpha value is -1.10. The minimum absolute atomic E-state index is 0.339. The van der Waals surface area contributed by atoms with Gasteiger partial charge < -0.3 is 0 Å². The molecule has 1 aliphatic heterocycles. The summed E-state index contributed by atoms with van der Waals surface area (Å²) in [7, 11) is 0. The molecular weight excluding hydrogens is 266 g/mol. The number of fused-ring (bicyclic) bond motifs is 1. The Morgan fingerprint density at radius 3 is 3.00 bits per heavy atom. The normalized spacial score (nSPS) is 20.9. The zero-order valence-corrected chi connectivity index (χ0v) is 12.4. The first-order valence-corrected chi connectivity index (χ1v) is 8.34. The van der Waals surface area contributed by atoms with Crippen LogP contribution in [0, 0.1) is 0 Å². The third-order valence-electron chi connectivity index (χ3n) is 4.06. The first kappa shape index (κ1) is 13.9. The van der Waals surface area contributed by atoms with E-state index in [9.17, 15) is 0 Å². The van der Waals surface area contributed by atoms with Gasteiger partial charge in [0, 0.05) is 22.9 Å². The van der Waals surface area contributed by atoms with E-state index < -0.39 is 0 Å². The van der Waals surface area contributed by atoms with Crippen LogP contribution in [-0.4, -0.2) is 22.0 Å². The molecule has 1 aromatic carbocycles. The van der Waals surface area contributed by atoms with Gasteiger partial charge in [-0.05, 0) is 42.7 Å². The highest BCUT2D eigenvalue weighted by molar-refractivity contribution is 8.00. The lowest BCUT2D eigenvalue weighted by atomic mass is 9.97. The smallest absolute Gasteiger partial charge is 0.0704 e. The standard InChI is InChI=1S/C16H21N3S/c17-19-15(16-7-3-4-10-20-16)11-12-8-9-18-14-6-2-1-5-13(12)14/h1-2,5-6,8-9,15-16,19H,3-4,7,10-11,17H2. The molecule has 0 aliphatic carbocycles. The number of hydrazine groups is 1. The van der Waals surface area contributed by atoms with Crippen LogP contribution in [0.2, 0.25) is 0 Å². The molecule has 1 saturated heterocycles. The Labute approximate surface area is 124 Å². The van der Waals surface area contributed by atoms with Crippen LogP contribution in [0.5, 0.6) is 0 Å². The van der Waals surface area contributed by atoms with Gasteiger partial charge in [-0.2, -0.15) is 11.8 Å². The number of aromatic nitrogens is 1. The summed E-state index contributed by atoms with van der Waals surface area (Å²) in [6.07, 6.45) is 6.81. The second kappa shape index (κ2) is 6.57. The SMILES string of the molecule is NNC(Cc1ccnc2ccccc12)C1CCCCS1. The van der Waals surface area contributed by atoms with Gasteiger partial charge >= 0.3 is 0 Å². The van der Waals surface area contributed by atoms with E-state index in [1.807, 2.05) is 12.3 Å². The van der Waals surface area contributed by atoms with E-state index in [4.69, 9.17) is 5.84 Å². The highest BCUT2D eigenvalue weighted by Crippen LogP contribution is 2.29. The quantitative estimate of drug-likeness (QED) is 0.670. The molecule has 1 fully saturated rings. The molecule has 2 unspecified atom stereocenters. The topological polar surface area (TPSA) is 50.9 Å². The molecule has 0 spiro atoms. The van der Waals surface area contributed by atoms with Crippen molar-refractivity contribution in [3.05, 3.63) is 42.1 Å². The summed E-state index contributed by atoms with van der Waals surface area (Å²) in [4.78, 5) is 4.43. The molecule has 1 aliphatic rings. The van der Waals surface area contributed by atoms with Crippen LogP contribution >= 0.6 is 11.8 Å². The van der Waals surface area contributed by atoms with Crippen molar-refractivity contribution in [1.82, 2.24) is 10.4 Å². The van der Waals surface area contributed by atoms with Crippen molar-refractivity contribution in [3.63, 3.8) is 0 Å². The van der Waals surface area contributed by atoms with E-state index in [2.05, 4.69) is 46.4 Å². The van der Waals surface area contributed by atoms with Gasteiger partial charge in [0.25, 0.3) is 0 Å². The molecular formula is C16H21N3S. The first-order valence-electron chi connectivity index (χ1n) is 7.29. The fraction of sp³-hybridized carbons (Fsp3) is 0.438. The number of rotatable bonds is 4. The van der Waals surface area contributed by atoms with Gasteiger partial charge in [-0.15, -0.1) is 0 Å². The molecule has 20 heavy (non-hydrogen) atoms. The zero-order valence-electron chi connectivity index (χ0n) is 11.6. The number of para-hydroxylation sites is 1. The van der Waals surface area contributed by atoms with E-state index in [0.29, 0.717) is 11.3 Å². The van der Waals surface area contributed by atoms with Crippen molar-refractivity contribution >= 4 is 22.7 Å². The first-order chi connectivity index (χ1) is 9.88. The maximum atomic E-state index is 5.82. The summed E-state index contributed by atoms with van der Waals surface area (Å²) in [5.74, 6) is 7.08. The van der Waals surface area contributed by atoms with Crippen LogP contribution in [0.3, 0.4) is 0 Å². The van der Waals surface area contributed by atoms with Gasteiger partial charge in [0.15, 0.2) is 0 Å². The second-order valence-electron chi connectivity index (χ2n) is 5.37. The molecule has 4 heteroatoms. The molecule has 3 nitrogen and oxygen atoms in total. The van der Waals surface area contributed by atoms with Crippen LogP contribution in [0.1, 0.15) is 24.8 Å². The summed E-state index contributed by atoms with van der Waals surface area (Å²) >= 11 is 2.06. The second-order valence-corrected chi connectivity index (χ2v) is 6.72. The van der Waals surface area contributed by atoms with Crippen LogP contribution in [0.4, 0.5) is 0 Å². The predicted molar refractivity (Wildman–Crippen MR) is 86.7 cm³/mol. The van der Waals surface area contributed by atoms with Gasteiger partial charge in [-0.1, -0.05) is 24.6 Å². The van der Waals surface area contributed by atoms with Gasteiger partial charge in [0.1, 0.15) is 0 Å². The van der Waals surface area contributed by atoms with Crippen molar-refractivity contribution in [2.24, 2.45) is 5.84 Å². The van der Waals surface area contributed by atoms with Gasteiger partial charge in [0.05, 0.1) is 5.52 Å². The van der Waals surface area contributed by atoms with E-state index in [1.54, 1.807) is 0 Å². The molecule has 0 saturated carbocycles. The monoisotopic (exact) mass is 287 g/mol. The number of nitrogens with one attached hydrogen (secondary N) is 1. The summed E-state index contributed by atoms with van der Waals surface area (Å²) in [5.41, 5.74) is 5.45. The highest BCUT2D eigenvalue weighted by atomic mass is 32.2. The van der Waals surface area contributed by atoms with E-state index in [1.165, 1.54) is 36.0 Å². The third kappa shape index (κ3) is 2.97. The lowest BCUT2D eigenvalue weighted by Gasteiger charge is -2.29. The van der Waals surface area contributed by atoms with Crippen molar-refractivity contribution in [2.75, 3.05) is 5.75 Å². The maximum Gasteiger partial charge on any atom is 0.0704 e. The van der Waals surface area contributed by atoms with Crippen molar-refractivity contribution in [3.8, 4) is 0 Å². The largest absolute Gasteiger partial charge is 0.271 e. The maximum absolute atomic E-state index is 5.82. The third-order valence-corrected chi connectivity index (χ3v) is 5.57. The Bertz CT molecular complexity index is 561. The van der Waals surface area contributed by atoms with Crippen LogP contribution < -0.4 is 11.3 Å². The van der Waals surface area contributed by atoms with Crippen LogP contribution in [-0.2, 0) is 6.42 Å². The summed E-state index contributed by atoms with van der Waals surface area (Å²) in [5, 5.41) is 1.87. The lowest BCUT2D eigenvalue weighted by molar-refractivity contribution is 0.473. The van der Waals surface area contributed by atoms with Gasteiger partial charge in [-0.3, -0.25) is 16.3 Å². The number of pyridine rings is 1. The zero-order chi connectivity index (χ0) is 13.8. The Kier molecular flexibility index (Phi) is 4.55. The average molecular weight is 287 g/mol. The molecule has 2 aromatic rings. The molecule has 1 aromatic heterocycles. The number of benzene rings is 1. The average Bonchev–Trinajstić information content (AvgIpc) is 2.53. The molecule has 2 heterocycles. The van der Waals surface area contributed by atoms with E-state index >= 15 is 0 Å². The van der Waals surface area contributed by atoms with E-state index in [0.717, 1.165) is 11.9 Å². The molecule has 2 atom stereocenters. The number of nitrogens with zero attached hydrogens (tertiary/aromatic N) is 1. The molecule has 0 bridgehead atoms. The van der Waals surface area contributed by atoms with Gasteiger partial charge in [-0.25, -0.2) is 0 Å². The molecule has 0 radical (unpaired) electrons. The molecule has 0 amide bonds. The fourth-order valence-corrected chi connectivity index (χ4v) is 4.36. The van der Waals surface area contributed by atoms with E-state index in [-0.39, 0.29) is 0 Å². The number of thioether (sulfide) groups is 1. The molecule has 3 rings (SSSR count). The predicted octanol–water partition coefficient (Wildman–Crippen LogP) is 2.89. The molecule has 3 N–H and O–H groups in total. The lowest BCUT2D eigenvalue weighted by Crippen LogP contribution is -2.45. The van der Waals surface area contributed by atoms with Crippen LogP contribution in [0.25, 0.3) is 10.9 Å². The summed E-state index contributed by atoms with van der Waals surface area (Å²) in [6.45, 7) is 0. The minimum atomic E-state index is 0.339. The summed E-state index contributed by atoms with van der Waals surface area (Å²) < 4.78 is 0. The number of hydrogen-bond donors (Lipinski definition) is 2. The Balaban J connectivity index is 1.83. The van der Waals surface area contributed by atoms with Crippen LogP contribution in [0.15, 0.2) is 36.5 Å². The van der Waals surface area contributed by atoms with Crippen molar-refractivity contribution in [2.45, 2.75) is 37.0 Å². The highest BCUT2D eigenvalue weighted by Gasteiger charge is 2.24. The van der Waals surface area contributed by atoms with Gasteiger partial charge in [0.2, 0.25) is 0 Å². The Morgan fingerprint density at radius 2 is 2.20 bits per heavy atom. The molecule has 106 valence electrons. The minimum Gasteiger partial charge on any atom is -0.271 e. The summed E-state index contributed by atoms with van der Waals surface area (Å²) in [6, 6.07) is 10.8. The van der Waals surface area contributed by atoms with Crippen molar-refractivity contribution < 1.29 is 0 Å². The van der Waals surface area contributed by atoms with Crippen molar-refractivity contribution in [1.29, 1.82) is 0 Å². The fourth-order valence-electron chi connectivity index (χ4n) is 2.95.